The summed E-state index contributed by atoms with van der Waals surface area (Å²) in [5, 5.41) is 11.0. The van der Waals surface area contributed by atoms with Gasteiger partial charge in [-0.2, -0.15) is 4.79 Å². The van der Waals surface area contributed by atoms with Crippen LogP contribution in [-0.2, 0) is 0 Å². The van der Waals surface area contributed by atoms with Crippen molar-refractivity contribution in [1.82, 2.24) is 0 Å². The molecule has 0 spiro atoms. The van der Waals surface area contributed by atoms with E-state index in [0.29, 0.717) is 0 Å². The Bertz CT molecular complexity index is 554. The first-order chi connectivity index (χ1) is 8.24. The quantitative estimate of drug-likeness (QED) is 0.336. The number of hydrogen-bond donors (Lipinski definition) is 0. The minimum Gasteiger partial charge on any atom is -0.361 e. The van der Waals surface area contributed by atoms with E-state index in [0.717, 1.165) is 5.56 Å². The van der Waals surface area contributed by atoms with Crippen LogP contribution in [-0.4, -0.2) is 15.4 Å². The van der Waals surface area contributed by atoms with Gasteiger partial charge in [-0.05, 0) is 11.6 Å². The number of nitro groups is 1. The van der Waals surface area contributed by atoms with Gasteiger partial charge in [0.2, 0.25) is 0 Å². The maximum absolute atomic E-state index is 11.0. The second-order valence-electron chi connectivity index (χ2n) is 3.58. The Morgan fingerprint density at radius 2 is 2.00 bits per heavy atom. The Hall–Kier alpha value is -2.52. The lowest BCUT2D eigenvalue weighted by atomic mass is 9.88. The standard InChI is InChI=1S/C12H9N3O2/c13-14-10-7-4-8-11(15(16)17)12(10)9-5-2-1-3-6-9/h1-8,12H. The smallest absolute Gasteiger partial charge is 0.310 e. The molecular formula is C12H9N3O2. The summed E-state index contributed by atoms with van der Waals surface area (Å²) in [6.45, 7) is 0. The molecule has 5 heteroatoms. The van der Waals surface area contributed by atoms with E-state index in [4.69, 9.17) is 5.53 Å². The Morgan fingerprint density at radius 3 is 2.59 bits per heavy atom. The molecule has 2 rings (SSSR count). The first-order valence-corrected chi connectivity index (χ1v) is 5.03. The molecule has 1 atom stereocenters. The van der Waals surface area contributed by atoms with E-state index < -0.39 is 10.8 Å². The van der Waals surface area contributed by atoms with Crippen molar-refractivity contribution in [3.05, 3.63) is 75.5 Å². The highest BCUT2D eigenvalue weighted by molar-refractivity contribution is 5.99. The minimum atomic E-state index is -0.624. The van der Waals surface area contributed by atoms with Gasteiger partial charge in [-0.3, -0.25) is 10.1 Å². The summed E-state index contributed by atoms with van der Waals surface area (Å²) in [5.74, 6) is -0.624. The molecule has 0 fully saturated rings. The van der Waals surface area contributed by atoms with Gasteiger partial charge in [-0.15, -0.1) is 0 Å². The van der Waals surface area contributed by atoms with Crippen molar-refractivity contribution in [3.8, 4) is 0 Å². The van der Waals surface area contributed by atoms with Crippen molar-refractivity contribution in [2.75, 3.05) is 0 Å². The van der Waals surface area contributed by atoms with Crippen LogP contribution in [0.3, 0.4) is 0 Å². The minimum absolute atomic E-state index is 0.00602. The van der Waals surface area contributed by atoms with Crippen LogP contribution in [0.4, 0.5) is 0 Å². The fourth-order valence-electron chi connectivity index (χ4n) is 1.83. The summed E-state index contributed by atoms with van der Waals surface area (Å²) in [6, 6.07) is 8.95. The van der Waals surface area contributed by atoms with Crippen LogP contribution in [0.2, 0.25) is 0 Å². The van der Waals surface area contributed by atoms with Gasteiger partial charge in [0.25, 0.3) is 5.70 Å². The van der Waals surface area contributed by atoms with Crippen LogP contribution < -0.4 is 0 Å². The molecular weight excluding hydrogens is 218 g/mol. The highest BCUT2D eigenvalue weighted by atomic mass is 16.6. The fraction of sp³-hybridized carbons (Fsp3) is 0.0833. The maximum Gasteiger partial charge on any atom is 0.310 e. The molecule has 0 amide bonds. The van der Waals surface area contributed by atoms with Gasteiger partial charge in [0.1, 0.15) is 0 Å². The molecule has 84 valence electrons. The van der Waals surface area contributed by atoms with Crippen molar-refractivity contribution in [2.24, 2.45) is 0 Å². The Kier molecular flexibility index (Phi) is 2.94. The van der Waals surface area contributed by atoms with Gasteiger partial charge in [-0.25, -0.2) is 0 Å². The lowest BCUT2D eigenvalue weighted by molar-refractivity contribution is -0.428. The lowest BCUT2D eigenvalue weighted by Gasteiger charge is -2.11. The van der Waals surface area contributed by atoms with E-state index >= 15 is 0 Å². The first-order valence-electron chi connectivity index (χ1n) is 5.03. The average molecular weight is 227 g/mol. The largest absolute Gasteiger partial charge is 0.361 e. The van der Waals surface area contributed by atoms with Gasteiger partial charge < -0.3 is 5.53 Å². The second kappa shape index (κ2) is 4.55. The molecule has 0 N–H and O–H groups in total. The normalized spacial score (nSPS) is 18.5. The van der Waals surface area contributed by atoms with E-state index in [-0.39, 0.29) is 11.4 Å². The summed E-state index contributed by atoms with van der Waals surface area (Å²) in [5.41, 5.74) is 9.91. The van der Waals surface area contributed by atoms with E-state index in [1.807, 2.05) is 6.07 Å². The maximum atomic E-state index is 11.0. The third-order valence-corrected chi connectivity index (χ3v) is 2.58. The molecule has 1 aliphatic rings. The van der Waals surface area contributed by atoms with E-state index in [1.165, 1.54) is 12.2 Å². The zero-order valence-corrected chi connectivity index (χ0v) is 8.85. The topological polar surface area (TPSA) is 79.5 Å². The average Bonchev–Trinajstić information content (AvgIpc) is 2.38. The van der Waals surface area contributed by atoms with Crippen LogP contribution in [0.25, 0.3) is 5.53 Å². The predicted octanol–water partition coefficient (Wildman–Crippen LogP) is 2.17. The van der Waals surface area contributed by atoms with E-state index in [2.05, 4.69) is 4.79 Å². The molecule has 1 aliphatic carbocycles. The van der Waals surface area contributed by atoms with Crippen LogP contribution in [0, 0.1) is 10.1 Å². The Labute approximate surface area is 97.5 Å². The van der Waals surface area contributed by atoms with Gasteiger partial charge in [-0.1, -0.05) is 30.3 Å². The van der Waals surface area contributed by atoms with Gasteiger partial charge in [0.15, 0.2) is 5.92 Å². The molecule has 0 aliphatic heterocycles. The molecule has 5 nitrogen and oxygen atoms in total. The number of hydrogen-bond acceptors (Lipinski definition) is 2. The summed E-state index contributed by atoms with van der Waals surface area (Å²) in [4.78, 5) is 13.6. The van der Waals surface area contributed by atoms with Gasteiger partial charge in [0, 0.05) is 12.2 Å². The first kappa shape index (κ1) is 11.0. The summed E-state index contributed by atoms with van der Waals surface area (Å²) >= 11 is 0. The summed E-state index contributed by atoms with van der Waals surface area (Å²) in [6.07, 6.45) is 4.49. The monoisotopic (exact) mass is 227 g/mol. The van der Waals surface area contributed by atoms with Gasteiger partial charge in [0.05, 0.1) is 4.92 Å². The molecule has 1 aromatic rings. The molecule has 0 radical (unpaired) electrons. The lowest BCUT2D eigenvalue weighted by Crippen LogP contribution is -2.21. The Balaban J connectivity index is 2.54. The highest BCUT2D eigenvalue weighted by Crippen LogP contribution is 2.28. The predicted molar refractivity (Wildman–Crippen MR) is 62.0 cm³/mol. The SMILES string of the molecule is [N-]=[N+]=C1C=CC=C([N+](=O)[O-])C1c1ccccc1. The van der Waals surface area contributed by atoms with E-state index in [1.54, 1.807) is 30.3 Å². The van der Waals surface area contributed by atoms with Crippen molar-refractivity contribution in [3.63, 3.8) is 0 Å². The molecule has 0 saturated carbocycles. The van der Waals surface area contributed by atoms with Crippen LogP contribution >= 0.6 is 0 Å². The van der Waals surface area contributed by atoms with Crippen molar-refractivity contribution in [2.45, 2.75) is 5.92 Å². The fourth-order valence-corrected chi connectivity index (χ4v) is 1.83. The molecule has 0 saturated heterocycles. The molecule has 1 aromatic carbocycles. The van der Waals surface area contributed by atoms with E-state index in [9.17, 15) is 10.1 Å². The number of benzene rings is 1. The third kappa shape index (κ3) is 2.04. The third-order valence-electron chi connectivity index (χ3n) is 2.58. The number of allylic oxidation sites excluding steroid dienone is 4. The number of nitrogens with zero attached hydrogens (tertiary/aromatic N) is 3. The molecule has 0 bridgehead atoms. The van der Waals surface area contributed by atoms with Crippen molar-refractivity contribution in [1.29, 1.82) is 0 Å². The summed E-state index contributed by atoms with van der Waals surface area (Å²) < 4.78 is 0. The second-order valence-corrected chi connectivity index (χ2v) is 3.58. The zero-order valence-electron chi connectivity index (χ0n) is 8.85. The van der Waals surface area contributed by atoms with Crippen LogP contribution in [0.5, 0.6) is 0 Å². The molecule has 17 heavy (non-hydrogen) atoms. The molecule has 1 unspecified atom stereocenters. The molecule has 0 heterocycles. The van der Waals surface area contributed by atoms with Gasteiger partial charge >= 0.3 is 5.71 Å². The zero-order chi connectivity index (χ0) is 12.3. The van der Waals surface area contributed by atoms with Crippen molar-refractivity contribution >= 4 is 5.71 Å². The molecule has 0 aromatic heterocycles. The highest BCUT2D eigenvalue weighted by Gasteiger charge is 2.36. The number of rotatable bonds is 2. The Morgan fingerprint density at radius 1 is 1.29 bits per heavy atom. The van der Waals surface area contributed by atoms with Crippen LogP contribution in [0.1, 0.15) is 11.5 Å². The summed E-state index contributed by atoms with van der Waals surface area (Å²) in [7, 11) is 0. The van der Waals surface area contributed by atoms with Crippen molar-refractivity contribution < 1.29 is 9.71 Å². The van der Waals surface area contributed by atoms with Crippen LogP contribution in [0.15, 0.2) is 54.3 Å².